The Morgan fingerprint density at radius 2 is 1.77 bits per heavy atom. The Morgan fingerprint density at radius 3 is 2.45 bits per heavy atom. The van der Waals surface area contributed by atoms with Crippen molar-refractivity contribution in [3.8, 4) is 5.75 Å². The lowest BCUT2D eigenvalue weighted by molar-refractivity contribution is 0.0701. The van der Waals surface area contributed by atoms with Gasteiger partial charge in [0.05, 0.1) is 19.0 Å². The van der Waals surface area contributed by atoms with Gasteiger partial charge in [-0.05, 0) is 28.8 Å². The Balaban J connectivity index is 1.96. The van der Waals surface area contributed by atoms with Gasteiger partial charge in [-0.3, -0.25) is 13.9 Å². The van der Waals surface area contributed by atoms with Crippen LogP contribution < -0.4 is 16.0 Å². The summed E-state index contributed by atoms with van der Waals surface area (Å²) < 4.78 is 7.77. The molecule has 4 rings (SSSR count). The molecule has 0 unspecified atom stereocenters. The summed E-state index contributed by atoms with van der Waals surface area (Å²) in [6.45, 7) is 0.110. The largest absolute Gasteiger partial charge is 0.497 e. The van der Waals surface area contributed by atoms with Crippen LogP contribution in [0.15, 0.2) is 64.2 Å². The molecule has 0 saturated carbocycles. The maximum Gasteiger partial charge on any atom is 0.346 e. The van der Waals surface area contributed by atoms with Crippen molar-refractivity contribution < 1.29 is 14.6 Å². The van der Waals surface area contributed by atoms with Gasteiger partial charge >= 0.3 is 11.7 Å². The molecule has 0 aliphatic rings. The third-order valence-electron chi connectivity index (χ3n) is 5.16. The summed E-state index contributed by atoms with van der Waals surface area (Å²) in [5.41, 5.74) is 1.06. The Hall–Kier alpha value is -3.65. The zero-order chi connectivity index (χ0) is 22.1. The van der Waals surface area contributed by atoms with Crippen molar-refractivity contribution in [2.45, 2.75) is 13.0 Å². The highest BCUT2D eigenvalue weighted by molar-refractivity contribution is 7.20. The summed E-state index contributed by atoms with van der Waals surface area (Å²) >= 11 is 0.950. The Kier molecular flexibility index (Phi) is 5.48. The lowest BCUT2D eigenvalue weighted by Crippen LogP contribution is -2.39. The number of carboxylic acids is 1. The lowest BCUT2D eigenvalue weighted by Gasteiger charge is -2.10. The van der Waals surface area contributed by atoms with Gasteiger partial charge < -0.3 is 9.84 Å². The van der Waals surface area contributed by atoms with Crippen LogP contribution in [0.5, 0.6) is 5.75 Å². The minimum atomic E-state index is -1.12. The number of carbonyl (C=O) groups is 1. The molecule has 2 aromatic carbocycles. The number of nitrogens with zero attached hydrogens (tertiary/aromatic N) is 2. The summed E-state index contributed by atoms with van der Waals surface area (Å²) in [5, 5.41) is 10.1. The number of carboxylic acid groups (broad SMARTS) is 1. The predicted octanol–water partition coefficient (Wildman–Crippen LogP) is 3.11. The molecule has 8 heteroatoms. The van der Waals surface area contributed by atoms with E-state index in [2.05, 4.69) is 0 Å². The first kappa shape index (κ1) is 20.6. The SMILES string of the molecule is COc1cccc(Cc2c(C(=O)O)sc3c2c(=O)n(Cc2ccccc2)c(=O)n3C)c1. The van der Waals surface area contributed by atoms with E-state index in [1.807, 2.05) is 42.5 Å². The minimum Gasteiger partial charge on any atom is -0.497 e. The molecule has 1 N–H and O–H groups in total. The fraction of sp³-hybridized carbons (Fsp3) is 0.174. The molecular weight excluding hydrogens is 416 g/mol. The molecule has 4 aromatic rings. The van der Waals surface area contributed by atoms with Crippen LogP contribution in [-0.4, -0.2) is 27.3 Å². The fourth-order valence-corrected chi connectivity index (χ4v) is 4.74. The average molecular weight is 436 g/mol. The van der Waals surface area contributed by atoms with Crippen molar-refractivity contribution in [3.63, 3.8) is 0 Å². The lowest BCUT2D eigenvalue weighted by atomic mass is 10.0. The molecule has 0 bridgehead atoms. The number of ether oxygens (including phenoxy) is 1. The summed E-state index contributed by atoms with van der Waals surface area (Å²) in [4.78, 5) is 38.7. The molecule has 0 radical (unpaired) electrons. The standard InChI is InChI=1S/C23H20N2O5S/c1-24-21-18(20(26)25(23(24)29)13-14-7-4-3-5-8-14)17(19(31-21)22(27)28)12-15-9-6-10-16(11-15)30-2/h3-11H,12-13H2,1-2H3,(H,27,28). The van der Waals surface area contributed by atoms with E-state index in [1.165, 1.54) is 4.57 Å². The van der Waals surface area contributed by atoms with Gasteiger partial charge in [0.15, 0.2) is 0 Å². The van der Waals surface area contributed by atoms with E-state index in [0.29, 0.717) is 16.1 Å². The van der Waals surface area contributed by atoms with Gasteiger partial charge in [0.25, 0.3) is 5.56 Å². The molecule has 0 fully saturated rings. The molecule has 158 valence electrons. The molecule has 0 aliphatic heterocycles. The number of thiophene rings is 1. The monoisotopic (exact) mass is 436 g/mol. The zero-order valence-corrected chi connectivity index (χ0v) is 17.8. The van der Waals surface area contributed by atoms with E-state index in [4.69, 9.17) is 4.74 Å². The van der Waals surface area contributed by atoms with E-state index in [0.717, 1.165) is 27.0 Å². The van der Waals surface area contributed by atoms with Gasteiger partial charge in [0.2, 0.25) is 0 Å². The second-order valence-corrected chi connectivity index (χ2v) is 8.14. The van der Waals surface area contributed by atoms with Gasteiger partial charge in [-0.15, -0.1) is 11.3 Å². The van der Waals surface area contributed by atoms with Crippen LogP contribution in [0.25, 0.3) is 10.2 Å². The number of fused-ring (bicyclic) bond motifs is 1. The highest BCUT2D eigenvalue weighted by Gasteiger charge is 2.24. The highest BCUT2D eigenvalue weighted by atomic mass is 32.1. The molecule has 7 nitrogen and oxygen atoms in total. The molecule has 31 heavy (non-hydrogen) atoms. The summed E-state index contributed by atoms with van der Waals surface area (Å²) in [7, 11) is 3.11. The van der Waals surface area contributed by atoms with Gasteiger partial charge in [0, 0.05) is 13.5 Å². The summed E-state index contributed by atoms with van der Waals surface area (Å²) in [6, 6.07) is 16.5. The fourth-order valence-electron chi connectivity index (χ4n) is 3.63. The second kappa shape index (κ2) is 8.23. The number of aromatic carboxylic acids is 1. The third kappa shape index (κ3) is 3.77. The topological polar surface area (TPSA) is 90.5 Å². The van der Waals surface area contributed by atoms with Crippen molar-refractivity contribution in [2.75, 3.05) is 7.11 Å². The smallest absolute Gasteiger partial charge is 0.346 e. The number of aryl methyl sites for hydroxylation is 1. The molecule has 2 heterocycles. The van der Waals surface area contributed by atoms with Crippen LogP contribution in [0.1, 0.15) is 26.4 Å². The average Bonchev–Trinajstić information content (AvgIpc) is 3.16. The predicted molar refractivity (Wildman–Crippen MR) is 120 cm³/mol. The Morgan fingerprint density at radius 1 is 1.06 bits per heavy atom. The molecule has 0 spiro atoms. The number of benzene rings is 2. The third-order valence-corrected chi connectivity index (χ3v) is 6.46. The van der Waals surface area contributed by atoms with E-state index in [-0.39, 0.29) is 23.2 Å². The Labute approximate surface area is 181 Å². The van der Waals surface area contributed by atoms with Crippen LogP contribution in [0, 0.1) is 0 Å². The van der Waals surface area contributed by atoms with Crippen LogP contribution in [0.2, 0.25) is 0 Å². The molecule has 2 aromatic heterocycles. The highest BCUT2D eigenvalue weighted by Crippen LogP contribution is 2.31. The van der Waals surface area contributed by atoms with Crippen LogP contribution in [0.4, 0.5) is 0 Å². The van der Waals surface area contributed by atoms with Gasteiger partial charge in [-0.1, -0.05) is 42.5 Å². The van der Waals surface area contributed by atoms with Gasteiger partial charge in [-0.2, -0.15) is 0 Å². The van der Waals surface area contributed by atoms with E-state index in [1.54, 1.807) is 26.3 Å². The molecule has 0 atom stereocenters. The number of hydrogen-bond donors (Lipinski definition) is 1. The van der Waals surface area contributed by atoms with Crippen LogP contribution in [-0.2, 0) is 20.0 Å². The van der Waals surface area contributed by atoms with Crippen LogP contribution >= 0.6 is 11.3 Å². The van der Waals surface area contributed by atoms with Gasteiger partial charge in [0.1, 0.15) is 15.5 Å². The van der Waals surface area contributed by atoms with Crippen LogP contribution in [0.3, 0.4) is 0 Å². The van der Waals surface area contributed by atoms with Gasteiger partial charge in [-0.25, -0.2) is 9.59 Å². The summed E-state index contributed by atoms with van der Waals surface area (Å²) in [5.74, 6) is -0.483. The maximum atomic E-state index is 13.4. The van der Waals surface area contributed by atoms with Crippen molar-refractivity contribution in [1.82, 2.24) is 9.13 Å². The zero-order valence-electron chi connectivity index (χ0n) is 17.0. The van der Waals surface area contributed by atoms with Crippen molar-refractivity contribution in [3.05, 3.63) is 97.0 Å². The Bertz CT molecular complexity index is 1400. The molecule has 0 saturated heterocycles. The first-order chi connectivity index (χ1) is 14.9. The number of hydrogen-bond acceptors (Lipinski definition) is 5. The molecule has 0 amide bonds. The summed E-state index contributed by atoms with van der Waals surface area (Å²) in [6.07, 6.45) is 0.234. The maximum absolute atomic E-state index is 13.4. The van der Waals surface area contributed by atoms with E-state index >= 15 is 0 Å². The van der Waals surface area contributed by atoms with Crippen molar-refractivity contribution >= 4 is 27.5 Å². The minimum absolute atomic E-state index is 0.0578. The number of methoxy groups -OCH3 is 1. The van der Waals surface area contributed by atoms with E-state index in [9.17, 15) is 19.5 Å². The second-order valence-electron chi connectivity index (χ2n) is 7.14. The molecule has 0 aliphatic carbocycles. The van der Waals surface area contributed by atoms with Crippen molar-refractivity contribution in [2.24, 2.45) is 7.05 Å². The number of aromatic nitrogens is 2. The van der Waals surface area contributed by atoms with E-state index < -0.39 is 17.2 Å². The van der Waals surface area contributed by atoms with Crippen molar-refractivity contribution in [1.29, 1.82) is 0 Å². The number of rotatable bonds is 6. The first-order valence-corrected chi connectivity index (χ1v) is 10.4. The first-order valence-electron chi connectivity index (χ1n) is 9.56. The normalized spacial score (nSPS) is 11.0. The molecular formula is C23H20N2O5S. The quantitative estimate of drug-likeness (QED) is 0.502.